The van der Waals surface area contributed by atoms with Gasteiger partial charge in [0.05, 0.1) is 0 Å². The molecule has 1 aliphatic rings. The normalized spacial score (nSPS) is 24.1. The lowest BCUT2D eigenvalue weighted by molar-refractivity contribution is 0.331. The van der Waals surface area contributed by atoms with Crippen molar-refractivity contribution in [1.82, 2.24) is 0 Å². The van der Waals surface area contributed by atoms with Crippen LogP contribution in [-0.4, -0.2) is 36.3 Å². The fourth-order valence-corrected chi connectivity index (χ4v) is 14.9. The van der Waals surface area contributed by atoms with Gasteiger partial charge in [-0.15, -0.1) is 0 Å². The second kappa shape index (κ2) is 7.44. The van der Waals surface area contributed by atoms with Crippen molar-refractivity contribution in [1.29, 1.82) is 0 Å². The van der Waals surface area contributed by atoms with Crippen LogP contribution in [0.1, 0.15) is 24.8 Å². The van der Waals surface area contributed by atoms with Gasteiger partial charge in [0.25, 0.3) is 17.0 Å². The predicted octanol–water partition coefficient (Wildman–Crippen LogP) is 2.83. The zero-order chi connectivity index (χ0) is 14.4. The predicted molar refractivity (Wildman–Crippen MR) is 85.0 cm³/mol. The van der Waals surface area contributed by atoms with Crippen molar-refractivity contribution in [3.63, 3.8) is 0 Å². The molecule has 1 heterocycles. The summed E-state index contributed by atoms with van der Waals surface area (Å²) in [6, 6.07) is 9.78. The highest BCUT2D eigenvalue weighted by molar-refractivity contribution is 7.45. The maximum Gasteiger partial charge on any atom is 0.283 e. The third kappa shape index (κ3) is 4.47. The van der Waals surface area contributed by atoms with Crippen molar-refractivity contribution in [2.24, 2.45) is 0 Å². The van der Waals surface area contributed by atoms with Gasteiger partial charge in [-0.05, 0) is 30.5 Å². The second-order valence-electron chi connectivity index (χ2n) is 5.82. The Morgan fingerprint density at radius 1 is 1.35 bits per heavy atom. The molecule has 1 fully saturated rings. The van der Waals surface area contributed by atoms with E-state index in [2.05, 4.69) is 6.55 Å². The summed E-state index contributed by atoms with van der Waals surface area (Å²) in [5.74, 6) is 0.318. The standard InChI is InChI=1S/C14H22O3Si3/c1-20(11-3-2-10-17-18-19(20)16)12-4-5-13-6-8-14(15)9-7-13/h6-9,15H,2-5,10-12H2,1H3. The number of aromatic hydroxyl groups is 1. The highest BCUT2D eigenvalue weighted by atomic mass is 29.6. The van der Waals surface area contributed by atoms with E-state index in [0.29, 0.717) is 5.75 Å². The summed E-state index contributed by atoms with van der Waals surface area (Å²) in [6.45, 7) is 3.11. The minimum absolute atomic E-state index is 0.266. The number of phenols is 1. The summed E-state index contributed by atoms with van der Waals surface area (Å²) in [5.41, 5.74) is 1.25. The lowest BCUT2D eigenvalue weighted by atomic mass is 10.1. The minimum atomic E-state index is -1.60. The second-order valence-corrected chi connectivity index (χ2v) is 19.5. The molecule has 20 heavy (non-hydrogen) atoms. The first-order valence-corrected chi connectivity index (χ1v) is 14.5. The van der Waals surface area contributed by atoms with Crippen LogP contribution in [0.3, 0.4) is 0 Å². The zero-order valence-corrected chi connectivity index (χ0v) is 15.0. The molecule has 1 aliphatic heterocycles. The van der Waals surface area contributed by atoms with Crippen LogP contribution in [0.5, 0.6) is 5.75 Å². The first kappa shape index (κ1) is 15.8. The van der Waals surface area contributed by atoms with Gasteiger partial charge in [-0.2, -0.15) is 0 Å². The molecular formula is C14H22O3Si3. The van der Waals surface area contributed by atoms with Crippen molar-refractivity contribution in [3.8, 4) is 5.75 Å². The SMILES string of the molecule is C[Si]1(CCCc2ccc(O)cc2)CCCCO[Si][Si]1=O. The Morgan fingerprint density at radius 3 is 2.85 bits per heavy atom. The van der Waals surface area contributed by atoms with Crippen LogP contribution in [0.2, 0.25) is 18.6 Å². The minimum Gasteiger partial charge on any atom is -0.508 e. The van der Waals surface area contributed by atoms with Crippen molar-refractivity contribution in [2.75, 3.05) is 6.61 Å². The third-order valence-corrected chi connectivity index (χ3v) is 20.7. The van der Waals surface area contributed by atoms with Gasteiger partial charge in [-0.3, -0.25) is 0 Å². The summed E-state index contributed by atoms with van der Waals surface area (Å²) < 4.78 is 18.0. The largest absolute Gasteiger partial charge is 0.508 e. The van der Waals surface area contributed by atoms with Crippen LogP contribution in [0.25, 0.3) is 0 Å². The van der Waals surface area contributed by atoms with Crippen LogP contribution in [0.15, 0.2) is 24.3 Å². The average molecular weight is 323 g/mol. The highest BCUT2D eigenvalue weighted by Gasteiger charge is 2.38. The fraction of sp³-hybridized carbons (Fsp3) is 0.571. The van der Waals surface area contributed by atoms with E-state index in [0.717, 1.165) is 31.9 Å². The molecule has 1 saturated heterocycles. The van der Waals surface area contributed by atoms with Gasteiger partial charge in [-0.1, -0.05) is 43.6 Å². The monoisotopic (exact) mass is 322 g/mol. The summed E-state index contributed by atoms with van der Waals surface area (Å²) in [5, 5.41) is 9.28. The Labute approximate surface area is 125 Å². The maximum atomic E-state index is 12.5. The lowest BCUT2D eigenvalue weighted by Crippen LogP contribution is -2.48. The quantitative estimate of drug-likeness (QED) is 0.867. The van der Waals surface area contributed by atoms with E-state index in [1.165, 1.54) is 18.0 Å². The van der Waals surface area contributed by atoms with Gasteiger partial charge in [-0.25, -0.2) is 0 Å². The zero-order valence-electron chi connectivity index (χ0n) is 12.0. The van der Waals surface area contributed by atoms with Gasteiger partial charge in [0.1, 0.15) is 13.3 Å². The van der Waals surface area contributed by atoms with Crippen molar-refractivity contribution >= 4 is 24.6 Å². The number of hydrogen-bond acceptors (Lipinski definition) is 3. The van der Waals surface area contributed by atoms with E-state index in [4.69, 9.17) is 4.43 Å². The number of phenolic OH excluding ortho intramolecular Hbond substituents is 1. The number of hydrogen-bond donors (Lipinski definition) is 1. The van der Waals surface area contributed by atoms with Crippen molar-refractivity contribution in [3.05, 3.63) is 29.8 Å². The van der Waals surface area contributed by atoms with Gasteiger partial charge in [0.15, 0.2) is 0 Å². The fourth-order valence-electron chi connectivity index (χ4n) is 2.63. The molecule has 0 aromatic heterocycles. The first-order chi connectivity index (χ1) is 9.60. The van der Waals surface area contributed by atoms with E-state index >= 15 is 0 Å². The molecule has 2 rings (SSSR count). The van der Waals surface area contributed by atoms with Crippen molar-refractivity contribution < 1.29 is 14.0 Å². The lowest BCUT2D eigenvalue weighted by Gasteiger charge is -2.26. The summed E-state index contributed by atoms with van der Waals surface area (Å²) in [6.07, 6.45) is 4.43. The van der Waals surface area contributed by atoms with Gasteiger partial charge in [0.2, 0.25) is 0 Å². The van der Waals surface area contributed by atoms with Crippen LogP contribution >= 0.6 is 0 Å². The van der Waals surface area contributed by atoms with Crippen LogP contribution < -0.4 is 0 Å². The van der Waals surface area contributed by atoms with Gasteiger partial charge in [0, 0.05) is 6.61 Å². The molecule has 1 aromatic carbocycles. The van der Waals surface area contributed by atoms with Gasteiger partial charge >= 0.3 is 0 Å². The molecule has 0 bridgehead atoms. The summed E-state index contributed by atoms with van der Waals surface area (Å²) in [4.78, 5) is 0. The summed E-state index contributed by atoms with van der Waals surface area (Å²) >= 11 is 0. The Kier molecular flexibility index (Phi) is 5.88. The number of benzene rings is 1. The Morgan fingerprint density at radius 2 is 2.10 bits per heavy atom. The molecule has 0 spiro atoms. The molecule has 0 amide bonds. The van der Waals surface area contributed by atoms with E-state index < -0.39 is 15.3 Å². The molecule has 1 unspecified atom stereocenters. The molecule has 0 saturated carbocycles. The van der Waals surface area contributed by atoms with E-state index in [1.54, 1.807) is 12.1 Å². The molecule has 108 valence electrons. The number of rotatable bonds is 4. The maximum absolute atomic E-state index is 12.5. The average Bonchev–Trinajstić information content (AvgIpc) is 2.43. The number of aryl methyl sites for hydroxylation is 1. The van der Waals surface area contributed by atoms with E-state index in [1.807, 2.05) is 12.1 Å². The Hall–Kier alpha value is -0.569. The molecule has 2 radical (unpaired) electrons. The molecular weight excluding hydrogens is 300 g/mol. The summed E-state index contributed by atoms with van der Waals surface area (Å²) in [7, 11) is -2.83. The van der Waals surface area contributed by atoms with Gasteiger partial charge < -0.3 is 14.0 Å². The van der Waals surface area contributed by atoms with E-state index in [-0.39, 0.29) is 9.28 Å². The van der Waals surface area contributed by atoms with Crippen LogP contribution in [0.4, 0.5) is 0 Å². The van der Waals surface area contributed by atoms with Crippen LogP contribution in [-0.2, 0) is 15.3 Å². The molecule has 1 aromatic rings. The molecule has 6 heteroatoms. The van der Waals surface area contributed by atoms with Crippen LogP contribution in [0, 0.1) is 0 Å². The smallest absolute Gasteiger partial charge is 0.283 e. The Balaban J connectivity index is 1.87. The van der Waals surface area contributed by atoms with Crippen molar-refractivity contribution in [2.45, 2.75) is 44.3 Å². The molecule has 0 aliphatic carbocycles. The molecule has 3 nitrogen and oxygen atoms in total. The topological polar surface area (TPSA) is 46.5 Å². The Bertz CT molecular complexity index is 449. The highest BCUT2D eigenvalue weighted by Crippen LogP contribution is 2.24. The molecule has 1 atom stereocenters. The molecule has 1 N–H and O–H groups in total. The van der Waals surface area contributed by atoms with E-state index in [9.17, 15) is 9.57 Å². The first-order valence-electron chi connectivity index (χ1n) is 7.30. The third-order valence-electron chi connectivity index (χ3n) is 4.07.